The summed E-state index contributed by atoms with van der Waals surface area (Å²) in [5.41, 5.74) is 0.537. The molecule has 0 saturated heterocycles. The van der Waals surface area contributed by atoms with Crippen LogP contribution in [0, 0.1) is 18.3 Å². The van der Waals surface area contributed by atoms with E-state index in [0.29, 0.717) is 10.7 Å². The van der Waals surface area contributed by atoms with Crippen molar-refractivity contribution in [3.05, 3.63) is 56.7 Å². The molecule has 2 rings (SSSR count). The number of rotatable bonds is 3. The Bertz CT molecular complexity index is 713. The van der Waals surface area contributed by atoms with Gasteiger partial charge in [-0.1, -0.05) is 23.7 Å². The summed E-state index contributed by atoms with van der Waals surface area (Å²) >= 11 is 7.49. The van der Waals surface area contributed by atoms with Crippen molar-refractivity contribution < 1.29 is 4.79 Å². The molecule has 1 aromatic carbocycles. The van der Waals surface area contributed by atoms with Gasteiger partial charge < -0.3 is 5.32 Å². The van der Waals surface area contributed by atoms with Crippen LogP contribution < -0.4 is 5.32 Å². The third-order valence-electron chi connectivity index (χ3n) is 2.53. The number of thiophene rings is 1. The van der Waals surface area contributed by atoms with Crippen LogP contribution in [-0.4, -0.2) is 5.91 Å². The Kier molecular flexibility index (Phi) is 4.57. The normalized spacial score (nSPS) is 10.9. The third-order valence-corrected chi connectivity index (χ3v) is 3.81. The molecule has 100 valence electrons. The second kappa shape index (κ2) is 6.38. The summed E-state index contributed by atoms with van der Waals surface area (Å²) in [7, 11) is 0. The highest BCUT2D eigenvalue weighted by molar-refractivity contribution is 7.12. The van der Waals surface area contributed by atoms with Crippen LogP contribution in [0.5, 0.6) is 0 Å². The first-order valence-electron chi connectivity index (χ1n) is 5.84. The average Bonchev–Trinajstić information content (AvgIpc) is 2.84. The van der Waals surface area contributed by atoms with E-state index in [1.54, 1.807) is 30.3 Å². The first-order chi connectivity index (χ1) is 9.60. The number of nitriles is 1. The zero-order valence-corrected chi connectivity index (χ0v) is 12.3. The summed E-state index contributed by atoms with van der Waals surface area (Å²) in [6, 6.07) is 12.6. The van der Waals surface area contributed by atoms with Gasteiger partial charge in [-0.3, -0.25) is 4.79 Å². The van der Waals surface area contributed by atoms with Crippen molar-refractivity contribution in [3.8, 4) is 6.07 Å². The Morgan fingerprint density at radius 2 is 2.10 bits per heavy atom. The van der Waals surface area contributed by atoms with Crippen LogP contribution in [-0.2, 0) is 4.79 Å². The predicted molar refractivity (Wildman–Crippen MR) is 82.7 cm³/mol. The summed E-state index contributed by atoms with van der Waals surface area (Å²) in [6.07, 6.45) is 1.57. The number of nitrogens with zero attached hydrogens (tertiary/aromatic N) is 1. The summed E-state index contributed by atoms with van der Waals surface area (Å²) in [4.78, 5) is 14.0. The number of halogens is 1. The van der Waals surface area contributed by atoms with E-state index in [4.69, 9.17) is 16.9 Å². The lowest BCUT2D eigenvalue weighted by Crippen LogP contribution is -2.13. The van der Waals surface area contributed by atoms with E-state index in [2.05, 4.69) is 5.32 Å². The fourth-order valence-corrected chi connectivity index (χ4v) is 2.58. The molecule has 0 fully saturated rings. The molecule has 3 nitrogen and oxygen atoms in total. The largest absolute Gasteiger partial charge is 0.320 e. The van der Waals surface area contributed by atoms with Gasteiger partial charge in [-0.2, -0.15) is 5.26 Å². The molecule has 5 heteroatoms. The molecule has 1 aromatic heterocycles. The van der Waals surface area contributed by atoms with Crippen LogP contribution in [0.1, 0.15) is 9.75 Å². The first-order valence-corrected chi connectivity index (χ1v) is 7.03. The molecule has 0 aliphatic carbocycles. The number of benzene rings is 1. The molecule has 1 N–H and O–H groups in total. The highest BCUT2D eigenvalue weighted by Gasteiger charge is 2.11. The molecule has 0 aliphatic rings. The molecule has 1 heterocycles. The maximum absolute atomic E-state index is 12.1. The number of carbonyl (C=O) groups excluding carboxylic acids is 1. The van der Waals surface area contributed by atoms with Crippen LogP contribution in [0.4, 0.5) is 5.69 Å². The van der Waals surface area contributed by atoms with Gasteiger partial charge in [-0.05, 0) is 37.3 Å². The quantitative estimate of drug-likeness (QED) is 0.680. The molecule has 0 atom stereocenters. The maximum Gasteiger partial charge on any atom is 0.266 e. The third kappa shape index (κ3) is 3.47. The fraction of sp³-hybridized carbons (Fsp3) is 0.0667. The number of carbonyl (C=O) groups is 1. The smallest absolute Gasteiger partial charge is 0.266 e. The lowest BCUT2D eigenvalue weighted by atomic mass is 10.2. The fourth-order valence-electron chi connectivity index (χ4n) is 1.57. The Morgan fingerprint density at radius 1 is 1.35 bits per heavy atom. The number of aryl methyl sites for hydroxylation is 1. The second-order valence-electron chi connectivity index (χ2n) is 4.05. The molecular weight excluding hydrogens is 292 g/mol. The van der Waals surface area contributed by atoms with Crippen LogP contribution in [0.15, 0.2) is 42.0 Å². The van der Waals surface area contributed by atoms with E-state index in [1.807, 2.05) is 25.1 Å². The Balaban J connectivity index is 2.21. The molecule has 0 radical (unpaired) electrons. The van der Waals surface area contributed by atoms with Crippen molar-refractivity contribution in [2.75, 3.05) is 5.32 Å². The lowest BCUT2D eigenvalue weighted by Gasteiger charge is -2.05. The van der Waals surface area contributed by atoms with Crippen molar-refractivity contribution in [1.29, 1.82) is 5.26 Å². The van der Waals surface area contributed by atoms with Crippen molar-refractivity contribution in [3.63, 3.8) is 0 Å². The van der Waals surface area contributed by atoms with E-state index < -0.39 is 5.91 Å². The van der Waals surface area contributed by atoms with E-state index in [0.717, 1.165) is 9.75 Å². The monoisotopic (exact) mass is 302 g/mol. The molecular formula is C15H11ClN2OS. The average molecular weight is 303 g/mol. The second-order valence-corrected chi connectivity index (χ2v) is 5.78. The molecule has 0 aliphatic heterocycles. The molecule has 2 aromatic rings. The summed E-state index contributed by atoms with van der Waals surface area (Å²) < 4.78 is 0. The van der Waals surface area contributed by atoms with Gasteiger partial charge >= 0.3 is 0 Å². The zero-order valence-electron chi connectivity index (χ0n) is 10.7. The van der Waals surface area contributed by atoms with Crippen molar-refractivity contribution in [2.24, 2.45) is 0 Å². The maximum atomic E-state index is 12.1. The van der Waals surface area contributed by atoms with Gasteiger partial charge in [0.1, 0.15) is 11.6 Å². The number of amides is 1. The van der Waals surface area contributed by atoms with Gasteiger partial charge in [-0.25, -0.2) is 0 Å². The highest BCUT2D eigenvalue weighted by Crippen LogP contribution is 2.22. The van der Waals surface area contributed by atoms with Gasteiger partial charge in [0.05, 0.1) is 10.7 Å². The van der Waals surface area contributed by atoms with Gasteiger partial charge in [-0.15, -0.1) is 11.3 Å². The van der Waals surface area contributed by atoms with E-state index in [-0.39, 0.29) is 5.57 Å². The number of nitrogens with one attached hydrogen (secondary N) is 1. The number of para-hydroxylation sites is 1. The first kappa shape index (κ1) is 14.3. The Morgan fingerprint density at radius 3 is 2.70 bits per heavy atom. The predicted octanol–water partition coefficient (Wildman–Crippen LogP) is 4.26. The molecule has 0 saturated carbocycles. The number of anilines is 1. The minimum atomic E-state index is -0.466. The summed E-state index contributed by atoms with van der Waals surface area (Å²) in [5, 5.41) is 12.2. The van der Waals surface area contributed by atoms with E-state index >= 15 is 0 Å². The van der Waals surface area contributed by atoms with Crippen LogP contribution in [0.3, 0.4) is 0 Å². The van der Waals surface area contributed by atoms with Gasteiger partial charge in [0.15, 0.2) is 0 Å². The number of hydrogen-bond acceptors (Lipinski definition) is 3. The minimum absolute atomic E-state index is 0.0479. The SMILES string of the molecule is Cc1ccc(/C=C(\C#N)C(=O)Nc2ccccc2Cl)s1. The minimum Gasteiger partial charge on any atom is -0.320 e. The van der Waals surface area contributed by atoms with Crippen LogP contribution in [0.25, 0.3) is 6.08 Å². The molecule has 0 spiro atoms. The van der Waals surface area contributed by atoms with Gasteiger partial charge in [0.2, 0.25) is 0 Å². The van der Waals surface area contributed by atoms with Gasteiger partial charge in [0, 0.05) is 9.75 Å². The summed E-state index contributed by atoms with van der Waals surface area (Å²) in [6.45, 7) is 1.97. The van der Waals surface area contributed by atoms with Crippen LogP contribution in [0.2, 0.25) is 5.02 Å². The van der Waals surface area contributed by atoms with E-state index in [1.165, 1.54) is 11.3 Å². The molecule has 0 unspecified atom stereocenters. The van der Waals surface area contributed by atoms with Crippen molar-refractivity contribution >= 4 is 40.6 Å². The molecule has 0 bridgehead atoms. The number of hydrogen-bond donors (Lipinski definition) is 1. The Labute approximate surface area is 126 Å². The van der Waals surface area contributed by atoms with Crippen molar-refractivity contribution in [1.82, 2.24) is 0 Å². The molecule has 1 amide bonds. The Hall–Kier alpha value is -2.09. The molecule has 20 heavy (non-hydrogen) atoms. The highest BCUT2D eigenvalue weighted by atomic mass is 35.5. The van der Waals surface area contributed by atoms with Crippen molar-refractivity contribution in [2.45, 2.75) is 6.92 Å². The van der Waals surface area contributed by atoms with E-state index in [9.17, 15) is 4.79 Å². The topological polar surface area (TPSA) is 52.9 Å². The standard InChI is InChI=1S/C15H11ClN2OS/c1-10-6-7-12(20-10)8-11(9-17)15(19)18-14-5-3-2-4-13(14)16/h2-8H,1H3,(H,18,19)/b11-8+. The summed E-state index contributed by atoms with van der Waals surface area (Å²) in [5.74, 6) is -0.466. The van der Waals surface area contributed by atoms with Crippen LogP contribution >= 0.6 is 22.9 Å². The lowest BCUT2D eigenvalue weighted by molar-refractivity contribution is -0.112. The van der Waals surface area contributed by atoms with Gasteiger partial charge in [0.25, 0.3) is 5.91 Å². The zero-order chi connectivity index (χ0) is 14.5.